The molecule has 0 fully saturated rings. The second kappa shape index (κ2) is 8.90. The zero-order valence-electron chi connectivity index (χ0n) is 15.1. The number of halogens is 2. The average Bonchev–Trinajstić information content (AvgIpc) is 3.27. The van der Waals surface area contributed by atoms with Crippen molar-refractivity contribution in [1.29, 1.82) is 0 Å². The van der Waals surface area contributed by atoms with Crippen molar-refractivity contribution in [2.24, 2.45) is 0 Å². The van der Waals surface area contributed by atoms with Gasteiger partial charge in [0.2, 0.25) is 5.78 Å². The maximum atomic E-state index is 12.6. The van der Waals surface area contributed by atoms with E-state index in [2.05, 4.69) is 31.2 Å². The number of rotatable bonds is 7. The second-order valence-corrected chi connectivity index (χ2v) is 8.21. The van der Waals surface area contributed by atoms with E-state index in [9.17, 15) is 4.79 Å². The Kier molecular flexibility index (Phi) is 6.08. The van der Waals surface area contributed by atoms with Crippen molar-refractivity contribution >= 4 is 67.1 Å². The fourth-order valence-corrected chi connectivity index (χ4v) is 3.94. The van der Waals surface area contributed by atoms with Crippen molar-refractivity contribution in [1.82, 2.24) is 9.97 Å². The first-order valence-corrected chi connectivity index (χ1v) is 11.1. The number of anilines is 2. The van der Waals surface area contributed by atoms with Gasteiger partial charge in [-0.3, -0.25) is 4.79 Å². The number of hydrogen-bond donors (Lipinski definition) is 1. The summed E-state index contributed by atoms with van der Waals surface area (Å²) in [5, 5.41) is 7.09. The van der Waals surface area contributed by atoms with Crippen molar-refractivity contribution in [2.45, 2.75) is 0 Å². The van der Waals surface area contributed by atoms with E-state index in [0.717, 1.165) is 27.7 Å². The Morgan fingerprint density at radius 2 is 2.07 bits per heavy atom. The van der Waals surface area contributed by atoms with Gasteiger partial charge < -0.3 is 10.1 Å². The number of ketones is 1. The third-order valence-electron chi connectivity index (χ3n) is 4.17. The van der Waals surface area contributed by atoms with Gasteiger partial charge in [0, 0.05) is 22.0 Å². The van der Waals surface area contributed by atoms with Crippen LogP contribution in [0.4, 0.5) is 11.5 Å². The van der Waals surface area contributed by atoms with Gasteiger partial charge in [0.15, 0.2) is 0 Å². The molecular weight excluding hydrogens is 474 g/mol. The van der Waals surface area contributed by atoms with Crippen LogP contribution in [0.15, 0.2) is 60.2 Å². The molecule has 0 atom stereocenters. The van der Waals surface area contributed by atoms with Gasteiger partial charge in [0.05, 0.1) is 22.0 Å². The van der Waals surface area contributed by atoms with E-state index in [1.54, 1.807) is 18.2 Å². The number of nitrogens with one attached hydrogen (secondary N) is 1. The largest absolute Gasteiger partial charge is 0.493 e. The summed E-state index contributed by atoms with van der Waals surface area (Å²) >= 11 is 11.1. The summed E-state index contributed by atoms with van der Waals surface area (Å²) < 4.78 is 5.68. The number of alkyl halides is 1. The smallest absolute Gasteiger partial charge is 0.204 e. The minimum absolute atomic E-state index is 0.0855. The number of nitrogens with zero attached hydrogens (tertiary/aromatic N) is 2. The lowest BCUT2D eigenvalue weighted by Crippen LogP contribution is -2.02. The van der Waals surface area contributed by atoms with Gasteiger partial charge in [0.25, 0.3) is 0 Å². The Morgan fingerprint density at radius 3 is 2.83 bits per heavy atom. The topological polar surface area (TPSA) is 64.1 Å². The molecule has 0 unspecified atom stereocenters. The van der Waals surface area contributed by atoms with Crippen LogP contribution in [0.25, 0.3) is 10.9 Å². The molecule has 0 radical (unpaired) electrons. The molecule has 0 spiro atoms. The monoisotopic (exact) mass is 487 g/mol. The van der Waals surface area contributed by atoms with Crippen LogP contribution in [0, 0.1) is 0 Å². The van der Waals surface area contributed by atoms with Gasteiger partial charge in [-0.05, 0) is 47.8 Å². The second-order valence-electron chi connectivity index (χ2n) is 6.06. The number of benzene rings is 2. The molecule has 2 aromatic heterocycles. The van der Waals surface area contributed by atoms with Crippen LogP contribution < -0.4 is 10.1 Å². The third-order valence-corrected chi connectivity index (χ3v) is 5.68. The fourth-order valence-electron chi connectivity index (χ4n) is 2.84. The van der Waals surface area contributed by atoms with Gasteiger partial charge in [-0.15, -0.1) is 11.3 Å². The number of carbonyl (C=O) groups excluding carboxylic acids is 1. The molecule has 0 amide bonds. The van der Waals surface area contributed by atoms with Gasteiger partial charge in [-0.2, -0.15) is 0 Å². The Hall–Kier alpha value is -2.48. The molecule has 2 aromatic carbocycles. The van der Waals surface area contributed by atoms with E-state index >= 15 is 0 Å². The lowest BCUT2D eigenvalue weighted by atomic mass is 10.1. The Labute approximate surface area is 184 Å². The number of aromatic nitrogens is 2. The number of carbonyl (C=O) groups is 1. The molecule has 0 aliphatic rings. The highest BCUT2D eigenvalue weighted by Gasteiger charge is 2.15. The van der Waals surface area contributed by atoms with Crippen molar-refractivity contribution in [3.8, 4) is 5.75 Å². The van der Waals surface area contributed by atoms with E-state index in [1.807, 2.05) is 35.7 Å². The van der Waals surface area contributed by atoms with Crippen molar-refractivity contribution in [2.75, 3.05) is 17.3 Å². The third kappa shape index (κ3) is 4.42. The minimum Gasteiger partial charge on any atom is -0.493 e. The van der Waals surface area contributed by atoms with Gasteiger partial charge >= 0.3 is 0 Å². The highest BCUT2D eigenvalue weighted by Crippen LogP contribution is 2.30. The van der Waals surface area contributed by atoms with Crippen molar-refractivity contribution < 1.29 is 9.53 Å². The number of ether oxygens (including phenoxy) is 1. The van der Waals surface area contributed by atoms with E-state index < -0.39 is 0 Å². The molecule has 146 valence electrons. The van der Waals surface area contributed by atoms with Crippen LogP contribution in [0.5, 0.6) is 5.75 Å². The quantitative estimate of drug-likeness (QED) is 0.252. The minimum atomic E-state index is -0.0855. The molecule has 0 saturated heterocycles. The van der Waals surface area contributed by atoms with Gasteiger partial charge in [-0.1, -0.05) is 33.6 Å². The van der Waals surface area contributed by atoms with Crippen LogP contribution in [-0.2, 0) is 0 Å². The Morgan fingerprint density at radius 1 is 1.17 bits per heavy atom. The van der Waals surface area contributed by atoms with Crippen LogP contribution in [-0.4, -0.2) is 27.7 Å². The maximum absolute atomic E-state index is 12.6. The predicted molar refractivity (Wildman–Crippen MR) is 121 cm³/mol. The molecule has 0 bridgehead atoms. The molecule has 0 aliphatic heterocycles. The number of thiophene rings is 1. The zero-order chi connectivity index (χ0) is 20.2. The highest BCUT2D eigenvalue weighted by atomic mass is 79.9. The van der Waals surface area contributed by atoms with Gasteiger partial charge in [-0.25, -0.2) is 9.97 Å². The molecule has 4 rings (SSSR count). The summed E-state index contributed by atoms with van der Waals surface area (Å²) in [7, 11) is 0. The summed E-state index contributed by atoms with van der Waals surface area (Å²) in [5.41, 5.74) is 1.99. The fraction of sp³-hybridized carbons (Fsp3) is 0.0952. The SMILES string of the molecule is O=C(c1cccs1)c1ccc(Nc2ncnc3ccc(OCCBr)cc23)cc1Cl. The van der Waals surface area contributed by atoms with E-state index in [1.165, 1.54) is 17.7 Å². The molecule has 0 saturated carbocycles. The summed E-state index contributed by atoms with van der Waals surface area (Å²) in [6, 6.07) is 14.6. The summed E-state index contributed by atoms with van der Waals surface area (Å²) in [6.45, 7) is 0.567. The summed E-state index contributed by atoms with van der Waals surface area (Å²) in [5.74, 6) is 1.29. The van der Waals surface area contributed by atoms with E-state index in [4.69, 9.17) is 16.3 Å². The normalized spacial score (nSPS) is 10.8. The zero-order valence-corrected chi connectivity index (χ0v) is 18.2. The first kappa shape index (κ1) is 19.8. The maximum Gasteiger partial charge on any atom is 0.204 e. The first-order valence-electron chi connectivity index (χ1n) is 8.74. The van der Waals surface area contributed by atoms with Crippen LogP contribution in [0.3, 0.4) is 0 Å². The standard InChI is InChI=1S/C21H15BrClN3O2S/c22-7-8-28-14-4-6-18-16(11-14)21(25-12-24-18)26-13-3-5-15(17(23)10-13)20(27)19-2-1-9-29-19/h1-6,9-12H,7-8H2,(H,24,25,26). The molecule has 0 aliphatic carbocycles. The van der Waals surface area contributed by atoms with Crippen LogP contribution in [0.2, 0.25) is 5.02 Å². The Bertz CT molecular complexity index is 1170. The molecule has 5 nitrogen and oxygen atoms in total. The summed E-state index contributed by atoms with van der Waals surface area (Å²) in [4.78, 5) is 21.9. The highest BCUT2D eigenvalue weighted by molar-refractivity contribution is 9.09. The molecular formula is C21H15BrClN3O2S. The van der Waals surface area contributed by atoms with Crippen LogP contribution >= 0.6 is 38.9 Å². The molecule has 2 heterocycles. The number of fused-ring (bicyclic) bond motifs is 1. The van der Waals surface area contributed by atoms with Crippen molar-refractivity contribution in [3.63, 3.8) is 0 Å². The van der Waals surface area contributed by atoms with Gasteiger partial charge in [0.1, 0.15) is 17.9 Å². The molecule has 29 heavy (non-hydrogen) atoms. The lowest BCUT2D eigenvalue weighted by Gasteiger charge is -2.11. The Balaban J connectivity index is 1.63. The van der Waals surface area contributed by atoms with Crippen LogP contribution in [0.1, 0.15) is 15.2 Å². The predicted octanol–water partition coefficient (Wildman–Crippen LogP) is 6.09. The first-order chi connectivity index (χ1) is 14.2. The van der Waals surface area contributed by atoms with E-state index in [-0.39, 0.29) is 5.78 Å². The molecule has 8 heteroatoms. The van der Waals surface area contributed by atoms with E-state index in [0.29, 0.717) is 27.9 Å². The number of hydrogen-bond acceptors (Lipinski definition) is 6. The van der Waals surface area contributed by atoms with Crippen molar-refractivity contribution in [3.05, 3.63) is 75.7 Å². The average molecular weight is 489 g/mol. The molecule has 1 N–H and O–H groups in total. The molecule has 4 aromatic rings. The summed E-state index contributed by atoms with van der Waals surface area (Å²) in [6.07, 6.45) is 1.50. The lowest BCUT2D eigenvalue weighted by molar-refractivity contribution is 0.104.